The number of nitrogens with one attached hydrogen (secondary N) is 2. The first-order chi connectivity index (χ1) is 9.69. The number of H-pyrrole nitrogens is 1. The Morgan fingerprint density at radius 1 is 1.50 bits per heavy atom. The van der Waals surface area contributed by atoms with E-state index in [0.29, 0.717) is 23.5 Å². The highest BCUT2D eigenvalue weighted by atomic mass is 79.9. The van der Waals surface area contributed by atoms with Crippen LogP contribution >= 0.6 is 15.9 Å². The van der Waals surface area contributed by atoms with Gasteiger partial charge in [0.25, 0.3) is 11.9 Å². The number of aryl methyl sites for hydroxylation is 1. The molecule has 0 atom stereocenters. The molecule has 3 aromatic heterocycles. The molecule has 0 bridgehead atoms. The quantitative estimate of drug-likeness (QED) is 0.753. The Kier molecular flexibility index (Phi) is 3.18. The zero-order valence-corrected chi connectivity index (χ0v) is 12.0. The molecule has 0 saturated carbocycles. The molecule has 3 rings (SSSR count). The monoisotopic (exact) mass is 335 g/mol. The van der Waals surface area contributed by atoms with Gasteiger partial charge in [0, 0.05) is 10.7 Å². The van der Waals surface area contributed by atoms with E-state index in [1.54, 1.807) is 10.6 Å². The third-order valence-corrected chi connectivity index (χ3v) is 3.24. The molecule has 0 aliphatic rings. The minimum atomic E-state index is -0.325. The van der Waals surface area contributed by atoms with E-state index in [1.165, 1.54) is 0 Å². The van der Waals surface area contributed by atoms with E-state index in [0.717, 1.165) is 4.47 Å². The number of carbonyl (C=O) groups excluding carboxylic acids is 1. The Bertz CT molecular complexity index is 765. The summed E-state index contributed by atoms with van der Waals surface area (Å²) in [5.74, 6) is -0.198. The molecule has 0 spiro atoms. The number of anilines is 1. The first-order valence-corrected chi connectivity index (χ1v) is 6.69. The Labute approximate surface area is 121 Å². The number of pyridine rings is 1. The van der Waals surface area contributed by atoms with Crippen molar-refractivity contribution >= 4 is 33.4 Å². The van der Waals surface area contributed by atoms with Gasteiger partial charge in [0.2, 0.25) is 0 Å². The SMILES string of the molecule is CCc1nc2ccc(Br)cn2c1C(=O)Nc1nn[nH]n1. The summed E-state index contributed by atoms with van der Waals surface area (Å²) in [4.78, 5) is 16.8. The lowest BCUT2D eigenvalue weighted by Gasteiger charge is -2.03. The van der Waals surface area contributed by atoms with Gasteiger partial charge in [-0.1, -0.05) is 12.0 Å². The predicted molar refractivity (Wildman–Crippen MR) is 74.4 cm³/mol. The van der Waals surface area contributed by atoms with Gasteiger partial charge in [-0.2, -0.15) is 5.21 Å². The summed E-state index contributed by atoms with van der Waals surface area (Å²) in [7, 11) is 0. The number of tetrazole rings is 1. The summed E-state index contributed by atoms with van der Waals surface area (Å²) in [5.41, 5.74) is 1.89. The number of halogens is 1. The smallest absolute Gasteiger partial charge is 0.277 e. The van der Waals surface area contributed by atoms with Gasteiger partial charge < -0.3 is 0 Å². The second-order valence-electron chi connectivity index (χ2n) is 4.03. The molecule has 3 heterocycles. The minimum absolute atomic E-state index is 0.127. The first-order valence-electron chi connectivity index (χ1n) is 5.90. The van der Waals surface area contributed by atoms with Crippen LogP contribution in [0.15, 0.2) is 22.8 Å². The molecule has 102 valence electrons. The van der Waals surface area contributed by atoms with E-state index in [4.69, 9.17) is 0 Å². The third kappa shape index (κ3) is 2.16. The number of hydrogen-bond acceptors (Lipinski definition) is 5. The highest BCUT2D eigenvalue weighted by molar-refractivity contribution is 9.10. The van der Waals surface area contributed by atoms with Crippen molar-refractivity contribution in [3.63, 3.8) is 0 Å². The lowest BCUT2D eigenvalue weighted by molar-refractivity contribution is 0.101. The second-order valence-corrected chi connectivity index (χ2v) is 4.94. The van der Waals surface area contributed by atoms with Crippen LogP contribution in [0.1, 0.15) is 23.1 Å². The fourth-order valence-corrected chi connectivity index (χ4v) is 2.27. The van der Waals surface area contributed by atoms with Crippen LogP contribution in [0.4, 0.5) is 5.95 Å². The van der Waals surface area contributed by atoms with Gasteiger partial charge >= 0.3 is 0 Å². The van der Waals surface area contributed by atoms with Crippen molar-refractivity contribution in [3.8, 4) is 0 Å². The van der Waals surface area contributed by atoms with E-state index < -0.39 is 0 Å². The van der Waals surface area contributed by atoms with E-state index in [1.807, 2.05) is 19.1 Å². The van der Waals surface area contributed by atoms with Crippen LogP contribution in [0.3, 0.4) is 0 Å². The van der Waals surface area contributed by atoms with Crippen molar-refractivity contribution in [2.75, 3.05) is 5.32 Å². The molecule has 0 unspecified atom stereocenters. The number of rotatable bonds is 3. The van der Waals surface area contributed by atoms with Crippen molar-refractivity contribution in [3.05, 3.63) is 34.2 Å². The van der Waals surface area contributed by atoms with Gasteiger partial charge in [0.15, 0.2) is 0 Å². The predicted octanol–water partition coefficient (Wildman–Crippen LogP) is 1.42. The summed E-state index contributed by atoms with van der Waals surface area (Å²) < 4.78 is 2.59. The first kappa shape index (κ1) is 12.7. The van der Waals surface area contributed by atoms with E-state index in [9.17, 15) is 4.79 Å². The second kappa shape index (κ2) is 5.00. The molecule has 0 aliphatic heterocycles. The number of fused-ring (bicyclic) bond motifs is 1. The van der Waals surface area contributed by atoms with Crippen LogP contribution in [-0.2, 0) is 6.42 Å². The number of imidazole rings is 1. The molecule has 0 fully saturated rings. The van der Waals surface area contributed by atoms with Gasteiger partial charge in [-0.15, -0.1) is 5.10 Å². The number of nitrogens with zero attached hydrogens (tertiary/aromatic N) is 5. The maximum Gasteiger partial charge on any atom is 0.277 e. The Morgan fingerprint density at radius 3 is 3.05 bits per heavy atom. The van der Waals surface area contributed by atoms with Crippen LogP contribution in [0.2, 0.25) is 0 Å². The highest BCUT2D eigenvalue weighted by Crippen LogP contribution is 2.18. The molecule has 20 heavy (non-hydrogen) atoms. The molecule has 0 aromatic carbocycles. The Balaban J connectivity index is 2.08. The molecule has 3 aromatic rings. The van der Waals surface area contributed by atoms with Crippen LogP contribution in [0.5, 0.6) is 0 Å². The van der Waals surface area contributed by atoms with Crippen molar-refractivity contribution in [2.45, 2.75) is 13.3 Å². The summed E-state index contributed by atoms with van der Waals surface area (Å²) in [5, 5.41) is 15.7. The molecular weight excluding hydrogens is 326 g/mol. The normalized spacial score (nSPS) is 10.9. The molecule has 0 saturated heterocycles. The number of amides is 1. The van der Waals surface area contributed by atoms with Crippen molar-refractivity contribution in [1.82, 2.24) is 30.0 Å². The fourth-order valence-electron chi connectivity index (χ4n) is 1.93. The Hall–Kier alpha value is -2.29. The van der Waals surface area contributed by atoms with Crippen molar-refractivity contribution in [2.24, 2.45) is 0 Å². The average Bonchev–Trinajstić information content (AvgIpc) is 3.04. The lowest BCUT2D eigenvalue weighted by atomic mass is 10.2. The van der Waals surface area contributed by atoms with Crippen LogP contribution < -0.4 is 5.32 Å². The molecular formula is C11H10BrN7O. The van der Waals surface area contributed by atoms with E-state index >= 15 is 0 Å². The van der Waals surface area contributed by atoms with Crippen molar-refractivity contribution in [1.29, 1.82) is 0 Å². The van der Waals surface area contributed by atoms with E-state index in [2.05, 4.69) is 46.9 Å². The molecule has 0 radical (unpaired) electrons. The van der Waals surface area contributed by atoms with Gasteiger partial charge in [-0.05, 0) is 39.7 Å². The largest absolute Gasteiger partial charge is 0.294 e. The number of hydrogen-bond donors (Lipinski definition) is 2. The summed E-state index contributed by atoms with van der Waals surface area (Å²) >= 11 is 3.39. The zero-order chi connectivity index (χ0) is 14.1. The molecule has 9 heteroatoms. The Morgan fingerprint density at radius 2 is 2.35 bits per heavy atom. The molecule has 0 aliphatic carbocycles. The van der Waals surface area contributed by atoms with Gasteiger partial charge in [0.05, 0.1) is 5.69 Å². The maximum absolute atomic E-state index is 12.4. The lowest BCUT2D eigenvalue weighted by Crippen LogP contribution is -2.17. The topological polar surface area (TPSA) is 101 Å². The molecule has 8 nitrogen and oxygen atoms in total. The summed E-state index contributed by atoms with van der Waals surface area (Å²) in [6.07, 6.45) is 2.45. The van der Waals surface area contributed by atoms with Gasteiger partial charge in [0.1, 0.15) is 11.3 Å². The highest BCUT2D eigenvalue weighted by Gasteiger charge is 2.19. The summed E-state index contributed by atoms with van der Waals surface area (Å²) in [6.45, 7) is 1.95. The van der Waals surface area contributed by atoms with Crippen LogP contribution in [0, 0.1) is 0 Å². The standard InChI is InChI=1S/C11H10BrN7O/c1-2-7-9(10(20)14-11-15-17-18-16-11)19-5-6(12)3-4-8(19)13-7/h3-5H,2H2,1H3,(H2,14,15,16,17,18,20). The van der Waals surface area contributed by atoms with Crippen LogP contribution in [-0.4, -0.2) is 35.9 Å². The minimum Gasteiger partial charge on any atom is -0.294 e. The number of aromatic nitrogens is 6. The van der Waals surface area contributed by atoms with Crippen molar-refractivity contribution < 1.29 is 4.79 Å². The van der Waals surface area contributed by atoms with Gasteiger partial charge in [-0.3, -0.25) is 14.5 Å². The maximum atomic E-state index is 12.4. The van der Waals surface area contributed by atoms with Gasteiger partial charge in [-0.25, -0.2) is 4.98 Å². The molecule has 2 N–H and O–H groups in total. The number of carbonyl (C=O) groups is 1. The zero-order valence-electron chi connectivity index (χ0n) is 10.5. The average molecular weight is 336 g/mol. The third-order valence-electron chi connectivity index (χ3n) is 2.78. The fraction of sp³-hybridized carbons (Fsp3) is 0.182. The van der Waals surface area contributed by atoms with Crippen LogP contribution in [0.25, 0.3) is 5.65 Å². The van der Waals surface area contributed by atoms with E-state index in [-0.39, 0.29) is 11.9 Å². The molecule has 1 amide bonds. The summed E-state index contributed by atoms with van der Waals surface area (Å²) in [6, 6.07) is 3.72. The number of aromatic amines is 1.